The van der Waals surface area contributed by atoms with Gasteiger partial charge in [0.2, 0.25) is 0 Å². The predicted octanol–water partition coefficient (Wildman–Crippen LogP) is 1.08. The molecule has 2 aliphatic rings. The van der Waals surface area contributed by atoms with Crippen molar-refractivity contribution in [1.82, 2.24) is 19.6 Å². The van der Waals surface area contributed by atoms with Crippen LogP contribution in [0, 0.1) is 0 Å². The van der Waals surface area contributed by atoms with Gasteiger partial charge >= 0.3 is 0 Å². The molecule has 154 valence electrons. The molecule has 7 heteroatoms. The summed E-state index contributed by atoms with van der Waals surface area (Å²) in [6.07, 6.45) is 1.68. The number of rotatable bonds is 7. The van der Waals surface area contributed by atoms with Crippen molar-refractivity contribution in [3.8, 4) is 0 Å². The molecule has 1 aromatic carbocycles. The van der Waals surface area contributed by atoms with E-state index in [0.717, 1.165) is 50.9 Å². The minimum absolute atomic E-state index is 0.224. The van der Waals surface area contributed by atoms with Crippen molar-refractivity contribution in [2.24, 2.45) is 9.98 Å². The maximum absolute atomic E-state index is 9.15. The molecule has 0 aliphatic carbocycles. The van der Waals surface area contributed by atoms with Crippen molar-refractivity contribution in [1.29, 1.82) is 0 Å². The van der Waals surface area contributed by atoms with E-state index in [1.54, 1.807) is 0 Å². The molecule has 1 aromatic rings. The summed E-state index contributed by atoms with van der Waals surface area (Å²) in [5.74, 6) is 2.10. The number of aliphatic hydroxyl groups is 1. The largest absolute Gasteiger partial charge is 0.396 e. The van der Waals surface area contributed by atoms with Crippen LogP contribution < -0.4 is 0 Å². The Morgan fingerprint density at radius 3 is 1.79 bits per heavy atom. The highest BCUT2D eigenvalue weighted by molar-refractivity contribution is 5.82. The van der Waals surface area contributed by atoms with E-state index in [4.69, 9.17) is 15.1 Å². The molecule has 0 spiro atoms. The number of aliphatic hydroxyl groups excluding tert-OH is 1. The van der Waals surface area contributed by atoms with E-state index in [0.29, 0.717) is 13.1 Å². The van der Waals surface area contributed by atoms with Gasteiger partial charge in [-0.1, -0.05) is 18.2 Å². The fraction of sp³-hybridized carbons (Fsp3) is 0.619. The lowest BCUT2D eigenvalue weighted by molar-refractivity contribution is 0.288. The van der Waals surface area contributed by atoms with Crippen LogP contribution in [0.1, 0.15) is 23.1 Å². The summed E-state index contributed by atoms with van der Waals surface area (Å²) in [5.41, 5.74) is 3.70. The number of hydrogen-bond donors (Lipinski definition) is 1. The highest BCUT2D eigenvalue weighted by Crippen LogP contribution is 2.18. The smallest absolute Gasteiger partial charge is 0.196 e. The third-order valence-electron chi connectivity index (χ3n) is 5.58. The number of aryl methyl sites for hydroxylation is 1. The lowest BCUT2D eigenvalue weighted by atomic mass is 10.0. The summed E-state index contributed by atoms with van der Waals surface area (Å²) in [4.78, 5) is 18.6. The van der Waals surface area contributed by atoms with E-state index in [1.165, 1.54) is 16.7 Å². The van der Waals surface area contributed by atoms with Gasteiger partial charge in [-0.15, -0.1) is 0 Å². The van der Waals surface area contributed by atoms with Crippen LogP contribution in [0.2, 0.25) is 0 Å². The van der Waals surface area contributed by atoms with Gasteiger partial charge in [-0.2, -0.15) is 0 Å². The first-order valence-corrected chi connectivity index (χ1v) is 10.1. The molecule has 0 aromatic heterocycles. The molecule has 0 saturated carbocycles. The first-order valence-electron chi connectivity index (χ1n) is 10.1. The molecule has 0 unspecified atom stereocenters. The topological polar surface area (TPSA) is 57.9 Å². The number of hydrogen-bond acceptors (Lipinski definition) is 3. The number of nitrogens with zero attached hydrogens (tertiary/aromatic N) is 6. The molecule has 1 N–H and O–H groups in total. The highest BCUT2D eigenvalue weighted by Gasteiger charge is 2.20. The molecule has 0 atom stereocenters. The van der Waals surface area contributed by atoms with Gasteiger partial charge in [0, 0.05) is 61.0 Å². The maximum atomic E-state index is 9.15. The van der Waals surface area contributed by atoms with Crippen molar-refractivity contribution in [3.05, 3.63) is 34.9 Å². The van der Waals surface area contributed by atoms with Gasteiger partial charge in [-0.3, -0.25) is 0 Å². The Labute approximate surface area is 169 Å². The Morgan fingerprint density at radius 2 is 1.29 bits per heavy atom. The quantitative estimate of drug-likeness (QED) is 0.760. The summed E-state index contributed by atoms with van der Waals surface area (Å²) >= 11 is 0. The van der Waals surface area contributed by atoms with Gasteiger partial charge in [0.1, 0.15) is 0 Å². The van der Waals surface area contributed by atoms with Crippen molar-refractivity contribution in [2.45, 2.75) is 25.9 Å². The van der Waals surface area contributed by atoms with Crippen LogP contribution in [0.3, 0.4) is 0 Å². The van der Waals surface area contributed by atoms with Crippen LogP contribution >= 0.6 is 0 Å². The molecule has 0 bridgehead atoms. The van der Waals surface area contributed by atoms with Gasteiger partial charge in [0.15, 0.2) is 11.9 Å². The fourth-order valence-corrected chi connectivity index (χ4v) is 3.80. The third kappa shape index (κ3) is 4.76. The van der Waals surface area contributed by atoms with Crippen molar-refractivity contribution in [2.75, 3.05) is 61.0 Å². The summed E-state index contributed by atoms with van der Waals surface area (Å²) in [7, 11) is 8.38. The zero-order valence-electron chi connectivity index (χ0n) is 17.7. The molecule has 0 amide bonds. The molecule has 2 aliphatic heterocycles. The lowest BCUT2D eigenvalue weighted by Crippen LogP contribution is -2.28. The first-order chi connectivity index (χ1) is 13.5. The van der Waals surface area contributed by atoms with E-state index in [1.807, 2.05) is 0 Å². The maximum Gasteiger partial charge on any atom is 0.196 e. The van der Waals surface area contributed by atoms with Gasteiger partial charge in [-0.25, -0.2) is 9.98 Å². The van der Waals surface area contributed by atoms with E-state index in [-0.39, 0.29) is 6.61 Å². The standard InChI is InChI=1S/C21H34N6O/c1-24-9-10-25(2)20(24)22-15-18-8-7-17(6-5-13-28)14-19(18)16-23-21-26(3)11-12-27(21)4/h7-8,14,28H,5-6,9-13,15-16H2,1-4H3. The highest BCUT2D eigenvalue weighted by atomic mass is 16.2. The second-order valence-corrected chi connectivity index (χ2v) is 7.85. The minimum atomic E-state index is 0.224. The second kappa shape index (κ2) is 9.28. The van der Waals surface area contributed by atoms with Crippen molar-refractivity contribution in [3.63, 3.8) is 0 Å². The van der Waals surface area contributed by atoms with Crippen LogP contribution in [0.15, 0.2) is 28.2 Å². The van der Waals surface area contributed by atoms with Crippen LogP contribution in [-0.4, -0.2) is 97.6 Å². The summed E-state index contributed by atoms with van der Waals surface area (Å²) in [5, 5.41) is 9.15. The van der Waals surface area contributed by atoms with Crippen LogP contribution in [-0.2, 0) is 19.5 Å². The van der Waals surface area contributed by atoms with Crippen molar-refractivity contribution < 1.29 is 5.11 Å². The zero-order chi connectivity index (χ0) is 20.1. The average Bonchev–Trinajstić information content (AvgIpc) is 3.18. The van der Waals surface area contributed by atoms with Gasteiger partial charge < -0.3 is 24.7 Å². The molecular weight excluding hydrogens is 352 g/mol. The lowest BCUT2D eigenvalue weighted by Gasteiger charge is -2.18. The van der Waals surface area contributed by atoms with E-state index < -0.39 is 0 Å². The molecule has 7 nitrogen and oxygen atoms in total. The summed E-state index contributed by atoms with van der Waals surface area (Å²) < 4.78 is 0. The zero-order valence-corrected chi connectivity index (χ0v) is 17.7. The van der Waals surface area contributed by atoms with E-state index >= 15 is 0 Å². The second-order valence-electron chi connectivity index (χ2n) is 7.85. The monoisotopic (exact) mass is 386 g/mol. The van der Waals surface area contributed by atoms with Crippen LogP contribution in [0.25, 0.3) is 0 Å². The average molecular weight is 387 g/mol. The van der Waals surface area contributed by atoms with Gasteiger partial charge in [-0.05, 0) is 29.5 Å². The molecular formula is C21H34N6O. The molecule has 2 saturated heterocycles. The third-order valence-corrected chi connectivity index (χ3v) is 5.58. The molecule has 28 heavy (non-hydrogen) atoms. The Hall–Kier alpha value is -2.28. The first kappa shape index (κ1) is 20.5. The normalized spacial score (nSPS) is 17.2. The summed E-state index contributed by atoms with van der Waals surface area (Å²) in [6.45, 7) is 5.62. The van der Waals surface area contributed by atoms with Crippen molar-refractivity contribution >= 4 is 11.9 Å². The molecule has 2 heterocycles. The Bertz CT molecular complexity index is 708. The Kier molecular flexibility index (Phi) is 6.78. The number of guanidine groups is 2. The number of benzene rings is 1. The predicted molar refractivity (Wildman–Crippen MR) is 115 cm³/mol. The Balaban J connectivity index is 1.82. The van der Waals surface area contributed by atoms with Crippen LogP contribution in [0.4, 0.5) is 0 Å². The fourth-order valence-electron chi connectivity index (χ4n) is 3.80. The summed E-state index contributed by atoms with van der Waals surface area (Å²) in [6, 6.07) is 6.59. The van der Waals surface area contributed by atoms with E-state index in [9.17, 15) is 0 Å². The molecule has 3 rings (SSSR count). The van der Waals surface area contributed by atoms with E-state index in [2.05, 4.69) is 66.0 Å². The van der Waals surface area contributed by atoms with Gasteiger partial charge in [0.05, 0.1) is 13.1 Å². The SMILES string of the molecule is CN1CCN(C)C1=NCc1ccc(CCCO)cc1CN=C1N(C)CCN1C. The van der Waals surface area contributed by atoms with Crippen LogP contribution in [0.5, 0.6) is 0 Å². The van der Waals surface area contributed by atoms with Gasteiger partial charge in [0.25, 0.3) is 0 Å². The molecule has 0 radical (unpaired) electrons. The minimum Gasteiger partial charge on any atom is -0.396 e. The molecule has 2 fully saturated rings. The Morgan fingerprint density at radius 1 is 0.786 bits per heavy atom. The number of aliphatic imine (C=N–C) groups is 2. The number of likely N-dealkylation sites (N-methyl/N-ethyl adjacent to an activating group) is 4.